The van der Waals surface area contributed by atoms with E-state index in [1.54, 1.807) is 22.9 Å². The molecule has 7 nitrogen and oxygen atoms in total. The third-order valence-corrected chi connectivity index (χ3v) is 4.71. The number of aliphatic carboxylic acids is 1. The monoisotopic (exact) mass is 318 g/mol. The summed E-state index contributed by atoms with van der Waals surface area (Å²) in [5.41, 5.74) is -0.768. The van der Waals surface area contributed by atoms with Crippen molar-refractivity contribution in [3.63, 3.8) is 0 Å². The van der Waals surface area contributed by atoms with Gasteiger partial charge in [-0.05, 0) is 31.9 Å². The Balaban J connectivity index is 2.06. The second kappa shape index (κ2) is 5.26. The maximum Gasteiger partial charge on any atom is 0.325 e. The first-order valence-corrected chi connectivity index (χ1v) is 7.58. The molecular formula is C16H18N2O5. The number of nitrogens with one attached hydrogen (secondary N) is 1. The molecule has 122 valence electrons. The van der Waals surface area contributed by atoms with Crippen LogP contribution in [-0.4, -0.2) is 38.5 Å². The molecule has 7 heteroatoms. The van der Waals surface area contributed by atoms with E-state index in [1.165, 1.54) is 6.92 Å². The average Bonchev–Trinajstić information content (AvgIpc) is 3.15. The van der Waals surface area contributed by atoms with Crippen LogP contribution in [0.4, 0.5) is 0 Å². The van der Waals surface area contributed by atoms with Crippen molar-refractivity contribution in [2.75, 3.05) is 0 Å². The summed E-state index contributed by atoms with van der Waals surface area (Å²) in [5.74, 6) is -2.89. The number of aliphatic hydroxyl groups is 1. The number of hydrogen-bond donors (Lipinski definition) is 3. The van der Waals surface area contributed by atoms with E-state index in [-0.39, 0.29) is 5.57 Å². The van der Waals surface area contributed by atoms with E-state index in [0.29, 0.717) is 18.5 Å². The molecule has 1 fully saturated rings. The predicted octanol–water partition coefficient (Wildman–Crippen LogP) is 1.20. The Kier molecular flexibility index (Phi) is 3.50. The summed E-state index contributed by atoms with van der Waals surface area (Å²) in [6.07, 6.45) is 4.68. The smallest absolute Gasteiger partial charge is 0.325 e. The number of hydrogen-bond acceptors (Lipinski definition) is 4. The first-order chi connectivity index (χ1) is 10.9. The maximum absolute atomic E-state index is 13.0. The van der Waals surface area contributed by atoms with Crippen LogP contribution in [0.2, 0.25) is 0 Å². The average molecular weight is 318 g/mol. The fourth-order valence-corrected chi connectivity index (χ4v) is 3.49. The van der Waals surface area contributed by atoms with Crippen molar-refractivity contribution < 1.29 is 24.6 Å². The van der Waals surface area contributed by atoms with E-state index in [4.69, 9.17) is 5.11 Å². The van der Waals surface area contributed by atoms with Gasteiger partial charge in [0.1, 0.15) is 17.2 Å². The first-order valence-electron chi connectivity index (χ1n) is 7.58. The van der Waals surface area contributed by atoms with Crippen LogP contribution in [0.25, 0.3) is 5.76 Å². The third-order valence-electron chi connectivity index (χ3n) is 4.71. The lowest BCUT2D eigenvalue weighted by Gasteiger charge is -2.35. The fourth-order valence-electron chi connectivity index (χ4n) is 3.49. The van der Waals surface area contributed by atoms with Crippen molar-refractivity contribution in [3.05, 3.63) is 29.6 Å². The molecule has 0 saturated heterocycles. The molecule has 3 N–H and O–H groups in total. The number of carboxylic acids is 1. The number of ketones is 1. The van der Waals surface area contributed by atoms with Crippen LogP contribution >= 0.6 is 0 Å². The summed E-state index contributed by atoms with van der Waals surface area (Å²) in [6, 6.07) is 2.22. The zero-order valence-electron chi connectivity index (χ0n) is 12.7. The van der Waals surface area contributed by atoms with Crippen molar-refractivity contribution in [2.24, 2.45) is 0 Å². The van der Waals surface area contributed by atoms with Gasteiger partial charge in [0.05, 0.1) is 5.69 Å². The van der Waals surface area contributed by atoms with Crippen LogP contribution in [0.1, 0.15) is 38.3 Å². The molecule has 2 aliphatic rings. The molecular weight excluding hydrogens is 300 g/mol. The number of Topliss-reactive ketones (excluding diaryl/α,β-unsaturated/α-hetero) is 1. The largest absolute Gasteiger partial charge is 0.505 e. The van der Waals surface area contributed by atoms with Gasteiger partial charge in [-0.15, -0.1) is 0 Å². The van der Waals surface area contributed by atoms with Gasteiger partial charge < -0.3 is 20.1 Å². The quantitative estimate of drug-likeness (QED) is 0.726. The van der Waals surface area contributed by atoms with Crippen LogP contribution in [0.15, 0.2) is 23.9 Å². The Morgan fingerprint density at radius 3 is 2.61 bits per heavy atom. The van der Waals surface area contributed by atoms with Crippen LogP contribution in [0.5, 0.6) is 0 Å². The van der Waals surface area contributed by atoms with E-state index in [2.05, 4.69) is 5.32 Å². The van der Waals surface area contributed by atoms with Crippen molar-refractivity contribution in [3.8, 4) is 0 Å². The molecule has 1 aromatic heterocycles. The van der Waals surface area contributed by atoms with E-state index >= 15 is 0 Å². The topological polar surface area (TPSA) is 109 Å². The van der Waals surface area contributed by atoms with E-state index in [0.717, 1.165) is 12.8 Å². The van der Waals surface area contributed by atoms with Crippen LogP contribution in [0, 0.1) is 0 Å². The normalized spacial score (nSPS) is 20.5. The molecule has 23 heavy (non-hydrogen) atoms. The molecule has 2 heterocycles. The Hall–Kier alpha value is -2.57. The number of carbonyl (C=O) groups is 3. The van der Waals surface area contributed by atoms with Gasteiger partial charge in [-0.2, -0.15) is 0 Å². The van der Waals surface area contributed by atoms with Gasteiger partial charge in [0.15, 0.2) is 11.5 Å². The molecule has 1 saturated carbocycles. The highest BCUT2D eigenvalue weighted by molar-refractivity contribution is 6.27. The lowest BCUT2D eigenvalue weighted by Crippen LogP contribution is -2.49. The molecule has 1 spiro atoms. The number of aliphatic hydroxyl groups excluding tert-OH is 1. The summed E-state index contributed by atoms with van der Waals surface area (Å²) in [6.45, 7) is 1.30. The van der Waals surface area contributed by atoms with Gasteiger partial charge in [0.25, 0.3) is 5.91 Å². The highest BCUT2D eigenvalue weighted by Crippen LogP contribution is 2.44. The molecule has 0 aromatic carbocycles. The Bertz CT molecular complexity index is 725. The molecule has 1 aromatic rings. The number of fused-ring (bicyclic) bond motifs is 2. The van der Waals surface area contributed by atoms with Gasteiger partial charge in [-0.25, -0.2) is 0 Å². The lowest BCUT2D eigenvalue weighted by molar-refractivity contribution is -0.141. The first kappa shape index (κ1) is 15.3. The molecule has 0 unspecified atom stereocenters. The predicted molar refractivity (Wildman–Crippen MR) is 80.7 cm³/mol. The molecule has 1 aliphatic heterocycles. The highest BCUT2D eigenvalue weighted by atomic mass is 16.4. The Labute approximate surface area is 132 Å². The van der Waals surface area contributed by atoms with Gasteiger partial charge >= 0.3 is 5.97 Å². The summed E-state index contributed by atoms with van der Waals surface area (Å²) in [7, 11) is 0. The standard InChI is InChI=1S/C16H18N2O5/c1-9(15(22)23)17-14(21)11-12(19)10-5-4-8-18(10)16(13(11)20)6-2-3-7-16/h4-5,8-9,19H,2-3,6-7H2,1H3,(H,17,21)(H,22,23)/t9-/m0/s1. The molecule has 0 radical (unpaired) electrons. The second-order valence-corrected chi connectivity index (χ2v) is 6.09. The number of nitrogens with zero attached hydrogens (tertiary/aromatic N) is 1. The third kappa shape index (κ3) is 2.15. The number of aromatic nitrogens is 1. The SMILES string of the molecule is C[C@H](NC(=O)C1=C(O)c2cccn2C2(CCCC2)C1=O)C(=O)O. The minimum atomic E-state index is -1.21. The fraction of sp³-hybridized carbons (Fsp3) is 0.438. The Morgan fingerprint density at radius 1 is 1.35 bits per heavy atom. The molecule has 3 rings (SSSR count). The van der Waals surface area contributed by atoms with Crippen molar-refractivity contribution in [1.29, 1.82) is 0 Å². The van der Waals surface area contributed by atoms with E-state index in [9.17, 15) is 19.5 Å². The lowest BCUT2D eigenvalue weighted by atomic mass is 9.82. The highest BCUT2D eigenvalue weighted by Gasteiger charge is 2.50. The molecule has 1 atom stereocenters. The summed E-state index contributed by atoms with van der Waals surface area (Å²) in [4.78, 5) is 36.3. The second-order valence-electron chi connectivity index (χ2n) is 6.09. The van der Waals surface area contributed by atoms with Crippen molar-refractivity contribution >= 4 is 23.4 Å². The van der Waals surface area contributed by atoms with Gasteiger partial charge in [0, 0.05) is 6.20 Å². The summed E-state index contributed by atoms with van der Waals surface area (Å²) >= 11 is 0. The van der Waals surface area contributed by atoms with Crippen LogP contribution < -0.4 is 5.32 Å². The maximum atomic E-state index is 13.0. The summed E-state index contributed by atoms with van der Waals surface area (Å²) in [5, 5.41) is 21.5. The number of amides is 1. The van der Waals surface area contributed by atoms with Gasteiger partial charge in [-0.1, -0.05) is 12.8 Å². The van der Waals surface area contributed by atoms with Crippen molar-refractivity contribution in [1.82, 2.24) is 9.88 Å². The molecule has 0 bridgehead atoms. The van der Waals surface area contributed by atoms with E-state index in [1.807, 2.05) is 0 Å². The minimum absolute atomic E-state index is 0.341. The number of carboxylic acid groups (broad SMARTS) is 1. The number of carbonyl (C=O) groups excluding carboxylic acids is 2. The number of rotatable bonds is 3. The summed E-state index contributed by atoms with van der Waals surface area (Å²) < 4.78 is 1.75. The Morgan fingerprint density at radius 2 is 2.00 bits per heavy atom. The molecule has 1 aliphatic carbocycles. The van der Waals surface area contributed by atoms with Crippen LogP contribution in [0.3, 0.4) is 0 Å². The van der Waals surface area contributed by atoms with Crippen molar-refractivity contribution in [2.45, 2.75) is 44.2 Å². The van der Waals surface area contributed by atoms with Gasteiger partial charge in [0.2, 0.25) is 0 Å². The van der Waals surface area contributed by atoms with Gasteiger partial charge in [-0.3, -0.25) is 14.4 Å². The van der Waals surface area contributed by atoms with Crippen LogP contribution in [-0.2, 0) is 19.9 Å². The van der Waals surface area contributed by atoms with E-state index < -0.39 is 35.0 Å². The zero-order chi connectivity index (χ0) is 16.8. The zero-order valence-corrected chi connectivity index (χ0v) is 12.7. The molecule has 1 amide bonds. The minimum Gasteiger partial charge on any atom is -0.505 e.